The Hall–Kier alpha value is -1.76. The lowest BCUT2D eigenvalue weighted by atomic mass is 10.0. The molecule has 1 aromatic carbocycles. The van der Waals surface area contributed by atoms with Gasteiger partial charge in [-0.3, -0.25) is 4.79 Å². The first-order chi connectivity index (χ1) is 9.67. The summed E-state index contributed by atoms with van der Waals surface area (Å²) in [4.78, 5) is 11.7. The Morgan fingerprint density at radius 3 is 2.33 bits per heavy atom. The summed E-state index contributed by atoms with van der Waals surface area (Å²) in [6, 6.07) is 4.72. The summed E-state index contributed by atoms with van der Waals surface area (Å²) in [7, 11) is 0. The molecule has 0 saturated carbocycles. The highest BCUT2D eigenvalue weighted by Crippen LogP contribution is 2.22. The van der Waals surface area contributed by atoms with Gasteiger partial charge in [-0.1, -0.05) is 26.0 Å². The maximum atomic E-state index is 12.0. The van der Waals surface area contributed by atoms with Gasteiger partial charge in [-0.15, -0.1) is 13.2 Å². The average molecular weight is 304 g/mol. The molecule has 0 bridgehead atoms. The van der Waals surface area contributed by atoms with E-state index in [1.807, 2.05) is 13.8 Å². The van der Waals surface area contributed by atoms with Crippen molar-refractivity contribution < 1.29 is 22.7 Å². The second-order valence-electron chi connectivity index (χ2n) is 5.15. The number of halogens is 3. The van der Waals surface area contributed by atoms with Gasteiger partial charge in [0.05, 0.1) is 6.04 Å². The number of hydrogen-bond acceptors (Lipinski definition) is 3. The van der Waals surface area contributed by atoms with E-state index >= 15 is 0 Å². The van der Waals surface area contributed by atoms with E-state index in [0.29, 0.717) is 17.9 Å². The topological polar surface area (TPSA) is 64.4 Å². The number of hydrogen-bond donors (Lipinski definition) is 2. The average Bonchev–Trinajstić information content (AvgIpc) is 2.35. The van der Waals surface area contributed by atoms with E-state index in [1.165, 1.54) is 24.3 Å². The Bertz CT molecular complexity index is 458. The summed E-state index contributed by atoms with van der Waals surface area (Å²) < 4.78 is 39.7. The monoisotopic (exact) mass is 304 g/mol. The second kappa shape index (κ2) is 7.31. The number of rotatable bonds is 6. The van der Waals surface area contributed by atoms with Gasteiger partial charge in [0.1, 0.15) is 5.75 Å². The molecule has 0 spiro atoms. The third-order valence-corrected chi connectivity index (χ3v) is 2.69. The molecule has 0 aliphatic carbocycles. The SMILES string of the molecule is CC(C)C[C@H](N)C(=O)NCc1ccc(OC(F)(F)F)cc1. The van der Waals surface area contributed by atoms with Gasteiger partial charge in [-0.05, 0) is 30.0 Å². The van der Waals surface area contributed by atoms with Gasteiger partial charge < -0.3 is 15.8 Å². The standard InChI is InChI=1S/C14H19F3N2O2/c1-9(2)7-12(18)13(20)19-8-10-3-5-11(6-4-10)21-14(15,16)17/h3-6,9,12H,7-8,18H2,1-2H3,(H,19,20)/t12-/m0/s1. The van der Waals surface area contributed by atoms with Gasteiger partial charge in [0, 0.05) is 6.54 Å². The molecule has 1 aromatic rings. The van der Waals surface area contributed by atoms with Crippen molar-refractivity contribution in [1.29, 1.82) is 0 Å². The summed E-state index contributed by atoms with van der Waals surface area (Å²) in [5, 5.41) is 2.64. The number of amides is 1. The first-order valence-electron chi connectivity index (χ1n) is 6.55. The molecular weight excluding hydrogens is 285 g/mol. The third-order valence-electron chi connectivity index (χ3n) is 2.69. The summed E-state index contributed by atoms with van der Waals surface area (Å²) >= 11 is 0. The van der Waals surface area contributed by atoms with Crippen molar-refractivity contribution in [3.8, 4) is 5.75 Å². The highest BCUT2D eigenvalue weighted by atomic mass is 19.4. The maximum absolute atomic E-state index is 12.0. The van der Waals surface area contributed by atoms with Crippen LogP contribution in [0.5, 0.6) is 5.75 Å². The Balaban J connectivity index is 2.47. The second-order valence-corrected chi connectivity index (χ2v) is 5.15. The summed E-state index contributed by atoms with van der Waals surface area (Å²) in [6.45, 7) is 4.13. The van der Waals surface area contributed by atoms with Crippen LogP contribution in [0.15, 0.2) is 24.3 Å². The van der Waals surface area contributed by atoms with Crippen molar-refractivity contribution in [2.45, 2.75) is 39.2 Å². The molecule has 0 aliphatic heterocycles. The van der Waals surface area contributed by atoms with Gasteiger partial charge in [-0.25, -0.2) is 0 Å². The molecule has 0 fully saturated rings. The van der Waals surface area contributed by atoms with Crippen molar-refractivity contribution >= 4 is 5.91 Å². The predicted octanol–water partition coefficient (Wildman–Crippen LogP) is 2.57. The van der Waals surface area contributed by atoms with Crippen LogP contribution in [0.3, 0.4) is 0 Å². The van der Waals surface area contributed by atoms with Gasteiger partial charge >= 0.3 is 6.36 Å². The number of carbonyl (C=O) groups excluding carboxylic acids is 1. The van der Waals surface area contributed by atoms with Crippen molar-refractivity contribution in [3.63, 3.8) is 0 Å². The zero-order valence-electron chi connectivity index (χ0n) is 11.9. The van der Waals surface area contributed by atoms with Gasteiger partial charge in [0.25, 0.3) is 0 Å². The van der Waals surface area contributed by atoms with Crippen LogP contribution >= 0.6 is 0 Å². The molecule has 1 rings (SSSR count). The summed E-state index contributed by atoms with van der Waals surface area (Å²) in [5.74, 6) is -0.266. The number of carbonyl (C=O) groups is 1. The number of ether oxygens (including phenoxy) is 1. The minimum absolute atomic E-state index is 0.205. The number of nitrogens with one attached hydrogen (secondary N) is 1. The van der Waals surface area contributed by atoms with Crippen molar-refractivity contribution in [3.05, 3.63) is 29.8 Å². The number of alkyl halides is 3. The molecule has 0 heterocycles. The molecular formula is C14H19F3N2O2. The Morgan fingerprint density at radius 2 is 1.86 bits per heavy atom. The molecule has 118 valence electrons. The fourth-order valence-electron chi connectivity index (χ4n) is 1.74. The van der Waals surface area contributed by atoms with Crippen LogP contribution in [0.4, 0.5) is 13.2 Å². The van der Waals surface area contributed by atoms with E-state index in [2.05, 4.69) is 10.1 Å². The minimum atomic E-state index is -4.71. The van der Waals surface area contributed by atoms with Gasteiger partial charge in [0.15, 0.2) is 0 Å². The Kier molecular flexibility index (Phi) is 6.02. The highest BCUT2D eigenvalue weighted by molar-refractivity contribution is 5.81. The predicted molar refractivity (Wildman–Crippen MR) is 72.4 cm³/mol. The molecule has 0 aromatic heterocycles. The number of nitrogens with two attached hydrogens (primary N) is 1. The van der Waals surface area contributed by atoms with Crippen LogP contribution in [0.2, 0.25) is 0 Å². The first-order valence-corrected chi connectivity index (χ1v) is 6.55. The van der Waals surface area contributed by atoms with E-state index in [1.54, 1.807) is 0 Å². The van der Waals surface area contributed by atoms with Crippen molar-refractivity contribution in [1.82, 2.24) is 5.32 Å². The van der Waals surface area contributed by atoms with E-state index in [9.17, 15) is 18.0 Å². The lowest BCUT2D eigenvalue weighted by molar-refractivity contribution is -0.274. The van der Waals surface area contributed by atoms with Gasteiger partial charge in [0.2, 0.25) is 5.91 Å². The molecule has 1 atom stereocenters. The van der Waals surface area contributed by atoms with E-state index in [4.69, 9.17) is 5.73 Å². The van der Waals surface area contributed by atoms with Crippen molar-refractivity contribution in [2.24, 2.45) is 11.7 Å². The molecule has 0 saturated heterocycles. The first kappa shape index (κ1) is 17.3. The Morgan fingerprint density at radius 1 is 1.29 bits per heavy atom. The normalized spacial score (nSPS) is 13.1. The quantitative estimate of drug-likeness (QED) is 0.849. The third kappa shape index (κ3) is 6.99. The molecule has 1 amide bonds. The van der Waals surface area contributed by atoms with E-state index < -0.39 is 12.4 Å². The summed E-state index contributed by atoms with van der Waals surface area (Å²) in [6.07, 6.45) is -4.14. The maximum Gasteiger partial charge on any atom is 0.573 e. The van der Waals surface area contributed by atoms with Crippen LogP contribution in [0.1, 0.15) is 25.8 Å². The molecule has 4 nitrogen and oxygen atoms in total. The highest BCUT2D eigenvalue weighted by Gasteiger charge is 2.30. The number of benzene rings is 1. The molecule has 0 unspecified atom stereocenters. The minimum Gasteiger partial charge on any atom is -0.406 e. The lowest BCUT2D eigenvalue weighted by Crippen LogP contribution is -2.41. The fourth-order valence-corrected chi connectivity index (χ4v) is 1.74. The van der Waals surface area contributed by atoms with Gasteiger partial charge in [-0.2, -0.15) is 0 Å². The molecule has 7 heteroatoms. The molecule has 3 N–H and O–H groups in total. The van der Waals surface area contributed by atoms with E-state index in [0.717, 1.165) is 0 Å². The van der Waals surface area contributed by atoms with Crippen LogP contribution in [-0.4, -0.2) is 18.3 Å². The van der Waals surface area contributed by atoms with Crippen LogP contribution in [0.25, 0.3) is 0 Å². The lowest BCUT2D eigenvalue weighted by Gasteiger charge is -2.14. The zero-order valence-corrected chi connectivity index (χ0v) is 11.9. The van der Waals surface area contributed by atoms with Crippen LogP contribution in [-0.2, 0) is 11.3 Å². The van der Waals surface area contributed by atoms with Crippen molar-refractivity contribution in [2.75, 3.05) is 0 Å². The van der Waals surface area contributed by atoms with Crippen LogP contribution < -0.4 is 15.8 Å². The van der Waals surface area contributed by atoms with Crippen LogP contribution in [0, 0.1) is 5.92 Å². The Labute approximate surface area is 121 Å². The summed E-state index contributed by atoms with van der Waals surface area (Å²) in [5.41, 5.74) is 6.38. The zero-order chi connectivity index (χ0) is 16.0. The molecule has 21 heavy (non-hydrogen) atoms. The molecule has 0 aliphatic rings. The largest absolute Gasteiger partial charge is 0.573 e. The molecule has 0 radical (unpaired) electrons. The smallest absolute Gasteiger partial charge is 0.406 e. The fraction of sp³-hybridized carbons (Fsp3) is 0.500. The van der Waals surface area contributed by atoms with E-state index in [-0.39, 0.29) is 18.2 Å².